The van der Waals surface area contributed by atoms with Crippen LogP contribution in [0.25, 0.3) is 0 Å². The maximum Gasteiger partial charge on any atom is 0.304 e. The van der Waals surface area contributed by atoms with Gasteiger partial charge >= 0.3 is 5.97 Å². The molecule has 0 heterocycles. The van der Waals surface area contributed by atoms with Crippen molar-refractivity contribution in [2.45, 2.75) is 19.4 Å². The van der Waals surface area contributed by atoms with Gasteiger partial charge in [0, 0.05) is 13.6 Å². The van der Waals surface area contributed by atoms with Crippen LogP contribution in [0.2, 0.25) is 0 Å². The number of rotatable bonds is 7. The molecule has 23 heavy (non-hydrogen) atoms. The molecular weight excluding hydrogens is 330 g/mol. The topological polar surface area (TPSA) is 60.9 Å². The standard InChI is InChI=1S/C15H20F2N2O3.ClH/c1-10(11-4-5-12(16)13(17)8-11)19(3)14(20)9-18(2)7-6-15(21)22;/h4-5,8,10H,6-7,9H2,1-3H3,(H,21,22);1H. The highest BCUT2D eigenvalue weighted by molar-refractivity contribution is 5.85. The third-order valence-corrected chi connectivity index (χ3v) is 3.51. The fourth-order valence-electron chi connectivity index (χ4n) is 1.92. The molecule has 0 aliphatic heterocycles. The number of carbonyl (C=O) groups excluding carboxylic acids is 1. The summed E-state index contributed by atoms with van der Waals surface area (Å²) in [6.45, 7) is 2.02. The van der Waals surface area contributed by atoms with Gasteiger partial charge in [-0.3, -0.25) is 14.5 Å². The molecule has 0 aliphatic rings. The van der Waals surface area contributed by atoms with Crippen LogP contribution >= 0.6 is 12.4 Å². The molecule has 130 valence electrons. The first kappa shape index (κ1) is 21.3. The van der Waals surface area contributed by atoms with Gasteiger partial charge < -0.3 is 10.0 Å². The molecule has 0 aromatic heterocycles. The molecular formula is C15H21ClF2N2O3. The van der Waals surface area contributed by atoms with Gasteiger partial charge in [0.05, 0.1) is 19.0 Å². The summed E-state index contributed by atoms with van der Waals surface area (Å²) in [5, 5.41) is 8.60. The molecule has 0 saturated carbocycles. The molecule has 1 amide bonds. The highest BCUT2D eigenvalue weighted by atomic mass is 35.5. The van der Waals surface area contributed by atoms with Crippen molar-refractivity contribution in [2.75, 3.05) is 27.2 Å². The predicted molar refractivity (Wildman–Crippen MR) is 84.5 cm³/mol. The van der Waals surface area contributed by atoms with Gasteiger partial charge in [0.25, 0.3) is 0 Å². The monoisotopic (exact) mass is 350 g/mol. The van der Waals surface area contributed by atoms with Crippen LogP contribution in [0.4, 0.5) is 8.78 Å². The van der Waals surface area contributed by atoms with E-state index in [1.165, 1.54) is 11.0 Å². The van der Waals surface area contributed by atoms with Crippen molar-refractivity contribution < 1.29 is 23.5 Å². The maximum absolute atomic E-state index is 13.2. The number of halogens is 3. The number of carbonyl (C=O) groups is 2. The van der Waals surface area contributed by atoms with Gasteiger partial charge in [-0.05, 0) is 31.7 Å². The van der Waals surface area contributed by atoms with Crippen LogP contribution in [0.3, 0.4) is 0 Å². The number of amides is 1. The zero-order valence-electron chi connectivity index (χ0n) is 13.3. The molecule has 5 nitrogen and oxygen atoms in total. The number of benzene rings is 1. The molecule has 0 bridgehead atoms. The predicted octanol–water partition coefficient (Wildman–Crippen LogP) is 2.31. The summed E-state index contributed by atoms with van der Waals surface area (Å²) in [7, 11) is 3.22. The van der Waals surface area contributed by atoms with Gasteiger partial charge in [-0.2, -0.15) is 0 Å². The molecule has 1 N–H and O–H groups in total. The fraction of sp³-hybridized carbons (Fsp3) is 0.467. The normalized spacial score (nSPS) is 11.7. The van der Waals surface area contributed by atoms with Gasteiger partial charge in [0.15, 0.2) is 11.6 Å². The average molecular weight is 351 g/mol. The Kier molecular flexibility index (Phi) is 8.71. The maximum atomic E-state index is 13.2. The van der Waals surface area contributed by atoms with Crippen molar-refractivity contribution in [1.29, 1.82) is 0 Å². The first-order valence-corrected chi connectivity index (χ1v) is 6.83. The number of nitrogens with zero attached hydrogens (tertiary/aromatic N) is 2. The zero-order chi connectivity index (χ0) is 16.9. The van der Waals surface area contributed by atoms with Crippen molar-refractivity contribution in [3.05, 3.63) is 35.4 Å². The minimum absolute atomic E-state index is 0. The molecule has 0 saturated heterocycles. The van der Waals surface area contributed by atoms with Crippen molar-refractivity contribution in [3.8, 4) is 0 Å². The Morgan fingerprint density at radius 3 is 2.35 bits per heavy atom. The quantitative estimate of drug-likeness (QED) is 0.819. The fourth-order valence-corrected chi connectivity index (χ4v) is 1.92. The van der Waals surface area contributed by atoms with Crippen LogP contribution in [-0.2, 0) is 9.59 Å². The molecule has 1 atom stereocenters. The summed E-state index contributed by atoms with van der Waals surface area (Å²) in [4.78, 5) is 25.6. The van der Waals surface area contributed by atoms with Crippen molar-refractivity contribution >= 4 is 24.3 Å². The van der Waals surface area contributed by atoms with Crippen LogP contribution in [0, 0.1) is 11.6 Å². The molecule has 1 unspecified atom stereocenters. The summed E-state index contributed by atoms with van der Waals surface area (Å²) in [6, 6.07) is 3.10. The van der Waals surface area contributed by atoms with Crippen LogP contribution < -0.4 is 0 Å². The highest BCUT2D eigenvalue weighted by Crippen LogP contribution is 2.21. The van der Waals surface area contributed by atoms with E-state index in [0.717, 1.165) is 12.1 Å². The van der Waals surface area contributed by atoms with Crippen molar-refractivity contribution in [3.63, 3.8) is 0 Å². The van der Waals surface area contributed by atoms with E-state index in [1.54, 1.807) is 25.9 Å². The number of aliphatic carboxylic acids is 1. The van der Waals surface area contributed by atoms with Crippen LogP contribution in [0.15, 0.2) is 18.2 Å². The lowest BCUT2D eigenvalue weighted by atomic mass is 10.1. The number of likely N-dealkylation sites (N-methyl/N-ethyl adjacent to an activating group) is 2. The van der Waals surface area contributed by atoms with Crippen molar-refractivity contribution in [1.82, 2.24) is 9.80 Å². The molecule has 1 rings (SSSR count). The summed E-state index contributed by atoms with van der Waals surface area (Å²) in [6.07, 6.45) is -0.0494. The van der Waals surface area contributed by atoms with Gasteiger partial charge in [-0.15, -0.1) is 12.4 Å². The van der Waals surface area contributed by atoms with E-state index >= 15 is 0 Å². The Morgan fingerprint density at radius 2 is 1.83 bits per heavy atom. The first-order chi connectivity index (χ1) is 10.2. The van der Waals surface area contributed by atoms with Gasteiger partial charge in [0.1, 0.15) is 0 Å². The third-order valence-electron chi connectivity index (χ3n) is 3.51. The van der Waals surface area contributed by atoms with E-state index in [9.17, 15) is 18.4 Å². The van der Waals surface area contributed by atoms with E-state index in [-0.39, 0.29) is 37.8 Å². The lowest BCUT2D eigenvalue weighted by Crippen LogP contribution is -2.38. The molecule has 0 fully saturated rings. The Morgan fingerprint density at radius 1 is 1.22 bits per heavy atom. The Labute approximate surface area is 140 Å². The minimum atomic E-state index is -0.955. The van der Waals surface area contributed by atoms with Gasteiger partial charge in [-0.1, -0.05) is 6.07 Å². The van der Waals surface area contributed by atoms with E-state index in [4.69, 9.17) is 5.11 Å². The Bertz CT molecular complexity index is 558. The minimum Gasteiger partial charge on any atom is -0.481 e. The molecule has 1 aromatic carbocycles. The van der Waals surface area contributed by atoms with Crippen LogP contribution in [0.1, 0.15) is 24.9 Å². The largest absolute Gasteiger partial charge is 0.481 e. The van der Waals surface area contributed by atoms with Crippen molar-refractivity contribution in [2.24, 2.45) is 0 Å². The van der Waals surface area contributed by atoms with Gasteiger partial charge in [0.2, 0.25) is 5.91 Å². The van der Waals surface area contributed by atoms with E-state index in [1.807, 2.05) is 0 Å². The number of carboxylic acid groups (broad SMARTS) is 1. The Hall–Kier alpha value is -1.73. The third kappa shape index (κ3) is 6.50. The van der Waals surface area contributed by atoms with E-state index < -0.39 is 23.6 Å². The Balaban J connectivity index is 0.00000484. The lowest BCUT2D eigenvalue weighted by Gasteiger charge is -2.27. The summed E-state index contributed by atoms with van der Waals surface area (Å²) in [5.74, 6) is -3.05. The SMILES string of the molecule is CC(c1ccc(F)c(F)c1)N(C)C(=O)CN(C)CCC(=O)O.Cl. The second-order valence-corrected chi connectivity index (χ2v) is 5.24. The molecule has 1 aromatic rings. The molecule has 0 radical (unpaired) electrons. The summed E-state index contributed by atoms with van der Waals surface area (Å²) >= 11 is 0. The number of carboxylic acids is 1. The summed E-state index contributed by atoms with van der Waals surface area (Å²) in [5.41, 5.74) is 0.489. The highest BCUT2D eigenvalue weighted by Gasteiger charge is 2.20. The smallest absolute Gasteiger partial charge is 0.304 e. The average Bonchev–Trinajstić information content (AvgIpc) is 2.46. The molecule has 0 aliphatic carbocycles. The second kappa shape index (κ2) is 9.42. The first-order valence-electron chi connectivity index (χ1n) is 6.83. The zero-order valence-corrected chi connectivity index (χ0v) is 14.1. The molecule has 0 spiro atoms. The van der Waals surface area contributed by atoms with E-state index in [0.29, 0.717) is 5.56 Å². The summed E-state index contributed by atoms with van der Waals surface area (Å²) < 4.78 is 26.2. The lowest BCUT2D eigenvalue weighted by molar-refractivity contribution is -0.138. The number of hydrogen-bond acceptors (Lipinski definition) is 3. The van der Waals surface area contributed by atoms with Gasteiger partial charge in [-0.25, -0.2) is 8.78 Å². The van der Waals surface area contributed by atoms with Crippen LogP contribution in [-0.4, -0.2) is 54.0 Å². The number of hydrogen-bond donors (Lipinski definition) is 1. The van der Waals surface area contributed by atoms with E-state index in [2.05, 4.69) is 0 Å². The second-order valence-electron chi connectivity index (χ2n) is 5.24. The molecule has 8 heteroatoms. The van der Waals surface area contributed by atoms with Crippen LogP contribution in [0.5, 0.6) is 0 Å².